The van der Waals surface area contributed by atoms with E-state index >= 15 is 0 Å². The highest BCUT2D eigenvalue weighted by molar-refractivity contribution is 6.33. The molecule has 8 heteroatoms. The molecule has 0 saturated carbocycles. The van der Waals surface area contributed by atoms with E-state index in [1.54, 1.807) is 6.20 Å². The van der Waals surface area contributed by atoms with Crippen LogP contribution < -0.4 is 10.6 Å². The van der Waals surface area contributed by atoms with Gasteiger partial charge in [0.15, 0.2) is 5.65 Å². The van der Waals surface area contributed by atoms with Crippen LogP contribution in [-0.2, 0) is 5.54 Å². The molecule has 3 aromatic rings. The Hall–Kier alpha value is -2.22. The van der Waals surface area contributed by atoms with Crippen molar-refractivity contribution in [3.8, 4) is 11.3 Å². The highest BCUT2D eigenvalue weighted by Crippen LogP contribution is 2.30. The Labute approximate surface area is 169 Å². The molecule has 3 N–H and O–H groups in total. The molecule has 0 bridgehead atoms. The second-order valence-corrected chi connectivity index (χ2v) is 8.59. The average Bonchev–Trinajstić information content (AvgIpc) is 3.08. The minimum absolute atomic E-state index is 0.0412. The van der Waals surface area contributed by atoms with Crippen LogP contribution in [0.4, 0.5) is 5.82 Å². The standard InChI is InChI=1S/C20H25ClN6O/c1-20(2,3)27-11-24-16-5-4-14(26-19(16)27)12-8-18(23-9-13(12)21)25-15-6-7-22-10-17(15)28/h4-5,8-9,11,15,17,22,28H,6-7,10H2,1-3H3,(H,23,25)/t15-,17-/m1/s1. The molecule has 0 aromatic carbocycles. The quantitative estimate of drug-likeness (QED) is 0.626. The van der Waals surface area contributed by atoms with Crippen LogP contribution in [0.25, 0.3) is 22.4 Å². The molecule has 3 aromatic heterocycles. The van der Waals surface area contributed by atoms with Crippen LogP contribution in [0.3, 0.4) is 0 Å². The van der Waals surface area contributed by atoms with Crippen molar-refractivity contribution in [3.63, 3.8) is 0 Å². The Balaban J connectivity index is 1.70. The van der Waals surface area contributed by atoms with Crippen LogP contribution in [0.5, 0.6) is 0 Å². The maximum Gasteiger partial charge on any atom is 0.160 e. The zero-order valence-electron chi connectivity index (χ0n) is 16.3. The Bertz CT molecular complexity index is 996. The maximum absolute atomic E-state index is 10.2. The van der Waals surface area contributed by atoms with E-state index in [9.17, 15) is 5.11 Å². The number of nitrogens with zero attached hydrogens (tertiary/aromatic N) is 4. The summed E-state index contributed by atoms with van der Waals surface area (Å²) in [6.07, 6.45) is 3.82. The summed E-state index contributed by atoms with van der Waals surface area (Å²) in [5, 5.41) is 17.2. The summed E-state index contributed by atoms with van der Waals surface area (Å²) in [5.41, 5.74) is 3.10. The van der Waals surface area contributed by atoms with E-state index in [1.807, 2.05) is 24.5 Å². The summed E-state index contributed by atoms with van der Waals surface area (Å²) in [6, 6.07) is 5.73. The molecule has 148 valence electrons. The van der Waals surface area contributed by atoms with Crippen molar-refractivity contribution in [3.05, 3.63) is 35.7 Å². The second kappa shape index (κ2) is 7.31. The third kappa shape index (κ3) is 3.70. The number of aliphatic hydroxyl groups is 1. The average molecular weight is 401 g/mol. The van der Waals surface area contributed by atoms with E-state index in [-0.39, 0.29) is 11.6 Å². The predicted octanol–water partition coefficient (Wildman–Crippen LogP) is 3.04. The third-order valence-corrected chi connectivity index (χ3v) is 5.33. The van der Waals surface area contributed by atoms with E-state index in [0.29, 0.717) is 17.4 Å². The fourth-order valence-electron chi connectivity index (χ4n) is 3.45. The molecule has 1 saturated heterocycles. The van der Waals surface area contributed by atoms with Crippen molar-refractivity contribution in [2.75, 3.05) is 18.4 Å². The number of anilines is 1. The lowest BCUT2D eigenvalue weighted by atomic mass is 10.0. The lowest BCUT2D eigenvalue weighted by Gasteiger charge is -2.29. The fraction of sp³-hybridized carbons (Fsp3) is 0.450. The van der Waals surface area contributed by atoms with Crippen molar-refractivity contribution in [1.29, 1.82) is 0 Å². The minimum Gasteiger partial charge on any atom is -0.390 e. The SMILES string of the molecule is CC(C)(C)n1cnc2ccc(-c3cc(N[C@@H]4CCNC[C@H]4O)ncc3Cl)nc21. The van der Waals surface area contributed by atoms with Gasteiger partial charge in [0.2, 0.25) is 0 Å². The lowest BCUT2D eigenvalue weighted by Crippen LogP contribution is -2.47. The first-order valence-corrected chi connectivity index (χ1v) is 9.86. The summed E-state index contributed by atoms with van der Waals surface area (Å²) >= 11 is 6.44. The minimum atomic E-state index is -0.453. The molecule has 1 aliphatic rings. The molecule has 7 nitrogen and oxygen atoms in total. The predicted molar refractivity (Wildman–Crippen MR) is 112 cm³/mol. The second-order valence-electron chi connectivity index (χ2n) is 8.18. The van der Waals surface area contributed by atoms with E-state index in [1.165, 1.54) is 0 Å². The summed E-state index contributed by atoms with van der Waals surface area (Å²) < 4.78 is 2.06. The molecule has 0 radical (unpaired) electrons. The zero-order valence-corrected chi connectivity index (χ0v) is 17.0. The van der Waals surface area contributed by atoms with Gasteiger partial charge >= 0.3 is 0 Å². The molecule has 1 fully saturated rings. The van der Waals surface area contributed by atoms with Crippen LogP contribution in [-0.4, -0.2) is 49.9 Å². The number of hydrogen-bond donors (Lipinski definition) is 3. The molecular weight excluding hydrogens is 376 g/mol. The van der Waals surface area contributed by atoms with Crippen LogP contribution in [0.1, 0.15) is 27.2 Å². The zero-order chi connectivity index (χ0) is 19.9. The van der Waals surface area contributed by atoms with Crippen LogP contribution in [0, 0.1) is 0 Å². The van der Waals surface area contributed by atoms with Crippen molar-refractivity contribution in [2.24, 2.45) is 0 Å². The van der Waals surface area contributed by atoms with Gasteiger partial charge in [-0.1, -0.05) is 11.6 Å². The number of aromatic nitrogens is 4. The van der Waals surface area contributed by atoms with Gasteiger partial charge in [-0.15, -0.1) is 0 Å². The van der Waals surface area contributed by atoms with Gasteiger partial charge in [0.05, 0.1) is 29.2 Å². The molecule has 4 rings (SSSR count). The number of aliphatic hydroxyl groups excluding tert-OH is 1. The topological polar surface area (TPSA) is 87.9 Å². The number of nitrogens with one attached hydrogen (secondary N) is 2. The Morgan fingerprint density at radius 2 is 2.11 bits per heavy atom. The normalized spacial score (nSPS) is 20.5. The van der Waals surface area contributed by atoms with Gasteiger partial charge < -0.3 is 20.3 Å². The Kier molecular flexibility index (Phi) is 4.99. The van der Waals surface area contributed by atoms with Crippen molar-refractivity contribution >= 4 is 28.6 Å². The van der Waals surface area contributed by atoms with Crippen molar-refractivity contribution in [1.82, 2.24) is 24.8 Å². The Morgan fingerprint density at radius 3 is 2.86 bits per heavy atom. The number of piperidine rings is 1. The van der Waals surface area contributed by atoms with Crippen LogP contribution >= 0.6 is 11.6 Å². The molecule has 0 unspecified atom stereocenters. The summed E-state index contributed by atoms with van der Waals surface area (Å²) in [7, 11) is 0. The van der Waals surface area contributed by atoms with E-state index in [2.05, 4.69) is 45.9 Å². The number of fused-ring (bicyclic) bond motifs is 1. The number of β-amino-alcohol motifs (C(OH)–C–C–N with tert-alkyl or cyclic N) is 1. The number of imidazole rings is 1. The summed E-state index contributed by atoms with van der Waals surface area (Å²) in [5.74, 6) is 0.677. The highest BCUT2D eigenvalue weighted by Gasteiger charge is 2.23. The molecule has 0 spiro atoms. The number of rotatable bonds is 3. The monoisotopic (exact) mass is 400 g/mol. The maximum atomic E-state index is 10.2. The third-order valence-electron chi connectivity index (χ3n) is 5.03. The first kappa shape index (κ1) is 19.1. The number of halogens is 1. The first-order chi connectivity index (χ1) is 13.3. The van der Waals surface area contributed by atoms with Crippen LogP contribution in [0.15, 0.2) is 30.7 Å². The van der Waals surface area contributed by atoms with Crippen molar-refractivity contribution < 1.29 is 5.11 Å². The molecule has 28 heavy (non-hydrogen) atoms. The largest absolute Gasteiger partial charge is 0.390 e. The first-order valence-electron chi connectivity index (χ1n) is 9.49. The number of hydrogen-bond acceptors (Lipinski definition) is 6. The number of pyridine rings is 2. The molecule has 1 aliphatic heterocycles. The molecule has 4 heterocycles. The molecule has 2 atom stereocenters. The van der Waals surface area contributed by atoms with Gasteiger partial charge in [0.25, 0.3) is 0 Å². The van der Waals surface area contributed by atoms with Gasteiger partial charge in [-0.05, 0) is 51.9 Å². The van der Waals surface area contributed by atoms with Crippen LogP contribution in [0.2, 0.25) is 5.02 Å². The fourth-order valence-corrected chi connectivity index (χ4v) is 3.65. The van der Waals surface area contributed by atoms with E-state index in [4.69, 9.17) is 16.6 Å². The van der Waals surface area contributed by atoms with Crippen molar-refractivity contribution in [2.45, 2.75) is 44.9 Å². The van der Waals surface area contributed by atoms with Gasteiger partial charge in [-0.3, -0.25) is 0 Å². The smallest absolute Gasteiger partial charge is 0.160 e. The van der Waals surface area contributed by atoms with Gasteiger partial charge in [0, 0.05) is 23.8 Å². The summed E-state index contributed by atoms with van der Waals surface area (Å²) in [4.78, 5) is 13.7. The molecule has 0 aliphatic carbocycles. The Morgan fingerprint density at radius 1 is 1.29 bits per heavy atom. The van der Waals surface area contributed by atoms with E-state index in [0.717, 1.165) is 35.4 Å². The van der Waals surface area contributed by atoms with E-state index < -0.39 is 6.10 Å². The van der Waals surface area contributed by atoms with Gasteiger partial charge in [-0.2, -0.15) is 0 Å². The molecular formula is C20H25ClN6O. The molecule has 0 amide bonds. The van der Waals surface area contributed by atoms with Gasteiger partial charge in [0.1, 0.15) is 11.3 Å². The lowest BCUT2D eigenvalue weighted by molar-refractivity contribution is 0.128. The summed E-state index contributed by atoms with van der Waals surface area (Å²) in [6.45, 7) is 7.80. The highest BCUT2D eigenvalue weighted by atomic mass is 35.5. The van der Waals surface area contributed by atoms with Gasteiger partial charge in [-0.25, -0.2) is 15.0 Å².